The second kappa shape index (κ2) is 14.4. The van der Waals surface area contributed by atoms with Crippen LogP contribution in [0.4, 0.5) is 0 Å². The van der Waals surface area contributed by atoms with Gasteiger partial charge in [0.1, 0.15) is 11.5 Å². The fraction of sp³-hybridized carbons (Fsp3) is 0.189. The van der Waals surface area contributed by atoms with Crippen molar-refractivity contribution in [2.75, 3.05) is 13.5 Å². The Morgan fingerprint density at radius 3 is 1.24 bits per heavy atom. The maximum Gasteiger partial charge on any atom is 0.343 e. The number of hydrogen-bond acceptors (Lipinski definition) is 12. The van der Waals surface area contributed by atoms with Gasteiger partial charge in [0.25, 0.3) is 23.6 Å². The quantitative estimate of drug-likeness (QED) is 0.169. The largest absolute Gasteiger partial charge is 0.440 e. The van der Waals surface area contributed by atoms with E-state index >= 15 is 0 Å². The van der Waals surface area contributed by atoms with Crippen LogP contribution in [0, 0.1) is 6.92 Å². The van der Waals surface area contributed by atoms with Crippen molar-refractivity contribution in [3.8, 4) is 11.5 Å². The van der Waals surface area contributed by atoms with Crippen LogP contribution in [0.5, 0.6) is 11.5 Å². The van der Waals surface area contributed by atoms with Crippen LogP contribution >= 0.6 is 0 Å². The summed E-state index contributed by atoms with van der Waals surface area (Å²) in [5.74, 6) is -4.89. The SMILES string of the molecule is CC1=C(C)C(=O)N(COC(=O)c2ccc(OC(=O)c3ccc(OC(=O)c4ccc(C(=O)OCN5C(=O)C(C)=C(C)C5=O)cc4)c(C)c3)cc2)C1=O. The highest BCUT2D eigenvalue weighted by atomic mass is 16.6. The van der Waals surface area contributed by atoms with Crippen molar-refractivity contribution in [1.29, 1.82) is 0 Å². The minimum atomic E-state index is -0.803. The summed E-state index contributed by atoms with van der Waals surface area (Å²) in [7, 11) is 0. The Hall–Kier alpha value is -6.70. The lowest BCUT2D eigenvalue weighted by atomic mass is 10.1. The van der Waals surface area contributed by atoms with Gasteiger partial charge in [-0.3, -0.25) is 19.2 Å². The molecule has 51 heavy (non-hydrogen) atoms. The number of benzene rings is 3. The molecule has 3 aromatic rings. The molecule has 0 aliphatic carbocycles. The number of ether oxygens (including phenoxy) is 4. The number of imide groups is 2. The maximum atomic E-state index is 12.8. The average Bonchev–Trinajstić information content (AvgIpc) is 3.43. The van der Waals surface area contributed by atoms with E-state index in [2.05, 4.69) is 0 Å². The fourth-order valence-corrected chi connectivity index (χ4v) is 4.90. The van der Waals surface area contributed by atoms with Crippen molar-refractivity contribution in [2.45, 2.75) is 34.6 Å². The molecular weight excluding hydrogens is 664 g/mol. The van der Waals surface area contributed by atoms with E-state index < -0.39 is 61.0 Å². The van der Waals surface area contributed by atoms with Gasteiger partial charge in [-0.25, -0.2) is 29.0 Å². The third-order valence-electron chi connectivity index (χ3n) is 8.31. The molecule has 0 unspecified atom stereocenters. The molecule has 4 amide bonds. The second-order valence-electron chi connectivity index (χ2n) is 11.6. The van der Waals surface area contributed by atoms with Crippen molar-refractivity contribution in [3.63, 3.8) is 0 Å². The zero-order chi connectivity index (χ0) is 37.1. The molecular formula is C37H30N2O12. The average molecular weight is 695 g/mol. The molecule has 0 bridgehead atoms. The van der Waals surface area contributed by atoms with E-state index in [9.17, 15) is 38.4 Å². The van der Waals surface area contributed by atoms with E-state index in [-0.39, 0.29) is 56.0 Å². The Balaban J connectivity index is 1.11. The van der Waals surface area contributed by atoms with E-state index in [1.54, 1.807) is 6.92 Å². The van der Waals surface area contributed by atoms with Crippen LogP contribution in [-0.4, -0.2) is 70.8 Å². The lowest BCUT2D eigenvalue weighted by Crippen LogP contribution is -2.34. The van der Waals surface area contributed by atoms with Gasteiger partial charge in [0, 0.05) is 22.3 Å². The monoisotopic (exact) mass is 694 g/mol. The van der Waals surface area contributed by atoms with E-state index in [4.69, 9.17) is 18.9 Å². The number of esters is 4. The molecule has 0 fully saturated rings. The van der Waals surface area contributed by atoms with Gasteiger partial charge in [-0.1, -0.05) is 0 Å². The summed E-state index contributed by atoms with van der Waals surface area (Å²) in [6.45, 7) is 6.59. The van der Waals surface area contributed by atoms with Crippen LogP contribution in [0.2, 0.25) is 0 Å². The highest BCUT2D eigenvalue weighted by Crippen LogP contribution is 2.24. The Morgan fingerprint density at radius 1 is 0.471 bits per heavy atom. The first kappa shape index (κ1) is 35.6. The molecule has 5 rings (SSSR count). The molecule has 3 aromatic carbocycles. The summed E-state index contributed by atoms with van der Waals surface area (Å²) in [5.41, 5.74) is 2.03. The number of hydrogen-bond donors (Lipinski definition) is 0. The maximum absolute atomic E-state index is 12.8. The highest BCUT2D eigenvalue weighted by Gasteiger charge is 2.35. The zero-order valence-corrected chi connectivity index (χ0v) is 28.1. The van der Waals surface area contributed by atoms with E-state index in [1.807, 2.05) is 0 Å². The minimum Gasteiger partial charge on any atom is -0.440 e. The number of nitrogens with zero attached hydrogens (tertiary/aromatic N) is 2. The molecule has 14 nitrogen and oxygen atoms in total. The Morgan fingerprint density at radius 2 is 0.824 bits per heavy atom. The van der Waals surface area contributed by atoms with Gasteiger partial charge < -0.3 is 18.9 Å². The van der Waals surface area contributed by atoms with Crippen molar-refractivity contribution >= 4 is 47.5 Å². The number of aryl methyl sites for hydroxylation is 1. The Bertz CT molecular complexity index is 2040. The zero-order valence-electron chi connectivity index (χ0n) is 28.1. The first-order chi connectivity index (χ1) is 24.2. The van der Waals surface area contributed by atoms with Crippen LogP contribution < -0.4 is 9.47 Å². The third kappa shape index (κ3) is 7.34. The van der Waals surface area contributed by atoms with Crippen LogP contribution in [0.15, 0.2) is 89.0 Å². The van der Waals surface area contributed by atoms with Crippen LogP contribution in [0.1, 0.15) is 74.7 Å². The van der Waals surface area contributed by atoms with Crippen molar-refractivity contribution < 1.29 is 57.3 Å². The molecule has 2 aliphatic heterocycles. The predicted octanol–water partition coefficient (Wildman–Crippen LogP) is 4.07. The standard InChI is InChI=1S/C37H30N2O12/c1-19-16-27(37(47)50-28-13-10-25(11-14-28)35(45)49-18-39-32(42)22(4)23(5)33(39)43)12-15-29(19)51-36(46)26-8-6-24(7-9-26)34(44)48-17-38-30(40)20(2)21(3)31(38)41/h6-16H,17-18H2,1-5H3. The Kier molecular flexibility index (Phi) is 10.1. The Labute approximate surface area is 290 Å². The lowest BCUT2D eigenvalue weighted by molar-refractivity contribution is -0.143. The number of rotatable bonds is 10. The van der Waals surface area contributed by atoms with Crippen molar-refractivity contribution in [3.05, 3.63) is 117 Å². The van der Waals surface area contributed by atoms with Gasteiger partial charge in [0.15, 0.2) is 13.5 Å². The van der Waals surface area contributed by atoms with Gasteiger partial charge in [0.05, 0.1) is 22.3 Å². The summed E-state index contributed by atoms with van der Waals surface area (Å²) in [6.07, 6.45) is 0. The summed E-state index contributed by atoms with van der Waals surface area (Å²) < 4.78 is 21.1. The molecule has 2 aliphatic rings. The second-order valence-corrected chi connectivity index (χ2v) is 11.6. The predicted molar refractivity (Wildman–Crippen MR) is 175 cm³/mol. The first-order valence-electron chi connectivity index (χ1n) is 15.3. The molecule has 260 valence electrons. The highest BCUT2D eigenvalue weighted by molar-refractivity contribution is 6.19. The van der Waals surface area contributed by atoms with Gasteiger partial charge in [-0.05, 0) is 107 Å². The molecule has 0 aromatic heterocycles. The molecule has 0 atom stereocenters. The number of carbonyl (C=O) groups is 8. The topological polar surface area (TPSA) is 180 Å². The molecule has 14 heteroatoms. The number of amides is 4. The van der Waals surface area contributed by atoms with E-state index in [1.165, 1.54) is 94.4 Å². The molecule has 0 N–H and O–H groups in total. The third-order valence-corrected chi connectivity index (χ3v) is 8.31. The van der Waals surface area contributed by atoms with Crippen LogP contribution in [0.25, 0.3) is 0 Å². The van der Waals surface area contributed by atoms with Crippen molar-refractivity contribution in [2.24, 2.45) is 0 Å². The summed E-state index contributed by atoms with van der Waals surface area (Å²) in [5, 5.41) is 0. The first-order valence-corrected chi connectivity index (χ1v) is 15.3. The molecule has 0 radical (unpaired) electrons. The molecule has 0 saturated heterocycles. The van der Waals surface area contributed by atoms with Crippen molar-refractivity contribution in [1.82, 2.24) is 9.80 Å². The van der Waals surface area contributed by atoms with Gasteiger partial charge >= 0.3 is 23.9 Å². The van der Waals surface area contributed by atoms with Gasteiger partial charge in [-0.15, -0.1) is 0 Å². The fourth-order valence-electron chi connectivity index (χ4n) is 4.90. The van der Waals surface area contributed by atoms with Crippen LogP contribution in [-0.2, 0) is 28.7 Å². The van der Waals surface area contributed by atoms with E-state index in [0.29, 0.717) is 5.56 Å². The molecule has 0 saturated carbocycles. The van der Waals surface area contributed by atoms with Gasteiger partial charge in [0.2, 0.25) is 0 Å². The number of carbonyl (C=O) groups excluding carboxylic acids is 8. The lowest BCUT2D eigenvalue weighted by Gasteiger charge is -2.15. The molecule has 2 heterocycles. The van der Waals surface area contributed by atoms with Crippen LogP contribution in [0.3, 0.4) is 0 Å². The summed E-state index contributed by atoms with van der Waals surface area (Å²) >= 11 is 0. The molecule has 0 spiro atoms. The summed E-state index contributed by atoms with van der Waals surface area (Å²) in [4.78, 5) is 101. The smallest absolute Gasteiger partial charge is 0.343 e. The van der Waals surface area contributed by atoms with E-state index in [0.717, 1.165) is 9.80 Å². The normalized spacial score (nSPS) is 14.4. The van der Waals surface area contributed by atoms with Gasteiger partial charge in [-0.2, -0.15) is 0 Å². The minimum absolute atomic E-state index is 0.0801. The summed E-state index contributed by atoms with van der Waals surface area (Å²) in [6, 6.07) is 15.1.